The second-order valence-electron chi connectivity index (χ2n) is 6.89. The zero-order valence-corrected chi connectivity index (χ0v) is 18.5. The number of aryl methyl sites for hydroxylation is 1. The Balaban J connectivity index is 1.42. The Morgan fingerprint density at radius 1 is 1.32 bits per heavy atom. The van der Waals surface area contributed by atoms with Gasteiger partial charge in [0.1, 0.15) is 11.5 Å². The van der Waals surface area contributed by atoms with Crippen molar-refractivity contribution in [2.24, 2.45) is 0 Å². The maximum absolute atomic E-state index is 12.2. The monoisotopic (exact) mass is 457 g/mol. The predicted molar refractivity (Wildman–Crippen MR) is 121 cm³/mol. The molecule has 1 aliphatic rings. The van der Waals surface area contributed by atoms with Gasteiger partial charge in [0.2, 0.25) is 0 Å². The van der Waals surface area contributed by atoms with E-state index >= 15 is 0 Å². The third kappa shape index (κ3) is 4.65. The summed E-state index contributed by atoms with van der Waals surface area (Å²) < 4.78 is 11.0. The minimum absolute atomic E-state index is 0.0464. The first kappa shape index (κ1) is 21.1. The zero-order valence-electron chi connectivity index (χ0n) is 17.0. The molecule has 9 heteroatoms. The summed E-state index contributed by atoms with van der Waals surface area (Å²) in [5.41, 5.74) is 3.14. The molecule has 0 saturated heterocycles. The number of carbonyl (C=O) groups is 2. The molecule has 0 fully saturated rings. The minimum Gasteiger partial charge on any atom is -0.484 e. The number of carbonyl (C=O) groups excluding carboxylic acids is 2. The van der Waals surface area contributed by atoms with E-state index in [4.69, 9.17) is 21.1 Å². The maximum atomic E-state index is 12.2. The van der Waals surface area contributed by atoms with Gasteiger partial charge in [-0.15, -0.1) is 11.3 Å². The average molecular weight is 458 g/mol. The number of likely N-dealkylation sites (N-methyl/N-ethyl adjacent to an activating group) is 1. The minimum atomic E-state index is -0.310. The second-order valence-corrected chi connectivity index (χ2v) is 8.16. The Labute approximate surface area is 188 Å². The fourth-order valence-electron chi connectivity index (χ4n) is 3.18. The van der Waals surface area contributed by atoms with Crippen molar-refractivity contribution in [1.82, 2.24) is 4.98 Å². The van der Waals surface area contributed by atoms with Gasteiger partial charge in [-0.3, -0.25) is 14.9 Å². The summed E-state index contributed by atoms with van der Waals surface area (Å²) in [4.78, 5) is 30.5. The lowest BCUT2D eigenvalue weighted by atomic mass is 10.1. The van der Waals surface area contributed by atoms with E-state index in [0.717, 1.165) is 16.8 Å². The Kier molecular flexibility index (Phi) is 6.11. The lowest BCUT2D eigenvalue weighted by Gasteiger charge is -2.28. The van der Waals surface area contributed by atoms with E-state index in [2.05, 4.69) is 10.3 Å². The smallest absolute Gasteiger partial charge is 0.265 e. The van der Waals surface area contributed by atoms with Gasteiger partial charge in [-0.2, -0.15) is 0 Å². The number of amides is 2. The molecule has 0 bridgehead atoms. The molecule has 1 aliphatic heterocycles. The molecule has 0 aliphatic carbocycles. The first-order valence-electron chi connectivity index (χ1n) is 9.66. The molecule has 160 valence electrons. The van der Waals surface area contributed by atoms with E-state index in [9.17, 15) is 9.59 Å². The quantitative estimate of drug-likeness (QED) is 0.588. The van der Waals surface area contributed by atoms with Gasteiger partial charge in [-0.25, -0.2) is 4.98 Å². The van der Waals surface area contributed by atoms with Gasteiger partial charge in [-0.05, 0) is 55.8 Å². The van der Waals surface area contributed by atoms with Crippen LogP contribution in [0, 0.1) is 6.92 Å². The Hall–Kier alpha value is -3.10. The molecule has 0 unspecified atom stereocenters. The summed E-state index contributed by atoms with van der Waals surface area (Å²) in [6.45, 7) is 4.26. The molecule has 7 nitrogen and oxygen atoms in total. The van der Waals surface area contributed by atoms with Crippen LogP contribution in [0.5, 0.6) is 11.5 Å². The van der Waals surface area contributed by atoms with Crippen LogP contribution >= 0.6 is 22.9 Å². The molecular formula is C22H20ClN3O4S. The largest absolute Gasteiger partial charge is 0.484 e. The lowest BCUT2D eigenvalue weighted by molar-refractivity contribution is -0.121. The first-order chi connectivity index (χ1) is 14.9. The number of thiazole rings is 1. The molecule has 3 aromatic rings. The predicted octanol–water partition coefficient (Wildman–Crippen LogP) is 4.53. The van der Waals surface area contributed by atoms with Crippen LogP contribution in [-0.2, 0) is 9.59 Å². The Bertz CT molecular complexity index is 1150. The van der Waals surface area contributed by atoms with Gasteiger partial charge in [-0.1, -0.05) is 11.6 Å². The highest BCUT2D eigenvalue weighted by atomic mass is 35.5. The van der Waals surface area contributed by atoms with Crippen molar-refractivity contribution < 1.29 is 19.1 Å². The van der Waals surface area contributed by atoms with Crippen LogP contribution in [0.25, 0.3) is 11.3 Å². The van der Waals surface area contributed by atoms with Crippen molar-refractivity contribution in [3.05, 3.63) is 52.4 Å². The van der Waals surface area contributed by atoms with E-state index in [1.165, 1.54) is 11.3 Å². The first-order valence-corrected chi connectivity index (χ1v) is 10.9. The molecule has 1 N–H and O–H groups in total. The van der Waals surface area contributed by atoms with Crippen LogP contribution in [-0.4, -0.2) is 36.6 Å². The fraction of sp³-hybridized carbons (Fsp3) is 0.227. The summed E-state index contributed by atoms with van der Waals surface area (Å²) in [6, 6.07) is 10.8. The normalized spacial score (nSPS) is 12.9. The highest BCUT2D eigenvalue weighted by Gasteiger charge is 2.24. The standard InChI is InChI=1S/C22H20ClN3O4S/c1-3-26-18-9-14(4-7-19(18)30-11-21(26)28)17-12-31-22(24-17)25-20(27)10-29-15-5-6-16(23)13(2)8-15/h4-9,12H,3,10-11H2,1-2H3,(H,24,25,27). The number of nitrogens with zero attached hydrogens (tertiary/aromatic N) is 2. The molecule has 0 radical (unpaired) electrons. The van der Waals surface area contributed by atoms with Crippen molar-refractivity contribution in [2.75, 3.05) is 30.0 Å². The molecule has 31 heavy (non-hydrogen) atoms. The van der Waals surface area contributed by atoms with Crippen molar-refractivity contribution in [3.8, 4) is 22.8 Å². The van der Waals surface area contributed by atoms with Crippen LogP contribution in [0.3, 0.4) is 0 Å². The summed E-state index contributed by atoms with van der Waals surface area (Å²) in [6.07, 6.45) is 0. The van der Waals surface area contributed by atoms with Gasteiger partial charge in [0.15, 0.2) is 18.3 Å². The highest BCUT2D eigenvalue weighted by Crippen LogP contribution is 2.36. The number of nitrogens with one attached hydrogen (secondary N) is 1. The Morgan fingerprint density at radius 2 is 2.16 bits per heavy atom. The van der Waals surface area contributed by atoms with Crippen molar-refractivity contribution >= 4 is 45.6 Å². The topological polar surface area (TPSA) is 80.8 Å². The number of rotatable bonds is 6. The van der Waals surface area contributed by atoms with Gasteiger partial charge in [0, 0.05) is 22.5 Å². The molecule has 0 saturated carbocycles. The van der Waals surface area contributed by atoms with Crippen LogP contribution in [0.15, 0.2) is 41.8 Å². The van der Waals surface area contributed by atoms with Crippen LogP contribution in [0.2, 0.25) is 5.02 Å². The van der Waals surface area contributed by atoms with E-state index in [0.29, 0.717) is 33.9 Å². The SMILES string of the molecule is CCN1C(=O)COc2ccc(-c3csc(NC(=O)COc4ccc(Cl)c(C)c4)n3)cc21. The number of aromatic nitrogens is 1. The highest BCUT2D eigenvalue weighted by molar-refractivity contribution is 7.14. The van der Waals surface area contributed by atoms with E-state index in [1.807, 2.05) is 37.4 Å². The van der Waals surface area contributed by atoms with Gasteiger partial charge >= 0.3 is 0 Å². The number of hydrogen-bond acceptors (Lipinski definition) is 6. The van der Waals surface area contributed by atoms with Crippen LogP contribution < -0.4 is 19.7 Å². The van der Waals surface area contributed by atoms with Gasteiger partial charge < -0.3 is 14.4 Å². The molecule has 2 amide bonds. The van der Waals surface area contributed by atoms with E-state index in [-0.39, 0.29) is 25.0 Å². The third-order valence-electron chi connectivity index (χ3n) is 4.76. The van der Waals surface area contributed by atoms with Crippen molar-refractivity contribution in [3.63, 3.8) is 0 Å². The van der Waals surface area contributed by atoms with E-state index < -0.39 is 0 Å². The lowest BCUT2D eigenvalue weighted by Crippen LogP contribution is -2.38. The fourth-order valence-corrected chi connectivity index (χ4v) is 4.04. The van der Waals surface area contributed by atoms with Crippen LogP contribution in [0.1, 0.15) is 12.5 Å². The number of hydrogen-bond donors (Lipinski definition) is 1. The zero-order chi connectivity index (χ0) is 22.0. The van der Waals surface area contributed by atoms with Crippen molar-refractivity contribution in [2.45, 2.75) is 13.8 Å². The number of ether oxygens (including phenoxy) is 2. The second kappa shape index (κ2) is 8.95. The summed E-state index contributed by atoms with van der Waals surface area (Å²) in [7, 11) is 0. The van der Waals surface area contributed by atoms with Gasteiger partial charge in [0.25, 0.3) is 11.8 Å². The van der Waals surface area contributed by atoms with Crippen LogP contribution in [0.4, 0.5) is 10.8 Å². The number of benzene rings is 2. The summed E-state index contributed by atoms with van der Waals surface area (Å²) in [5.74, 6) is 0.857. The summed E-state index contributed by atoms with van der Waals surface area (Å²) >= 11 is 7.31. The molecular weight excluding hydrogens is 438 g/mol. The van der Waals surface area contributed by atoms with E-state index in [1.54, 1.807) is 23.1 Å². The molecule has 0 spiro atoms. The number of fused-ring (bicyclic) bond motifs is 1. The maximum Gasteiger partial charge on any atom is 0.265 e. The molecule has 2 heterocycles. The molecule has 1 aromatic heterocycles. The van der Waals surface area contributed by atoms with Gasteiger partial charge in [0.05, 0.1) is 11.4 Å². The molecule has 0 atom stereocenters. The Morgan fingerprint density at radius 3 is 2.94 bits per heavy atom. The van der Waals surface area contributed by atoms with Crippen molar-refractivity contribution in [1.29, 1.82) is 0 Å². The number of anilines is 2. The molecule has 4 rings (SSSR count). The average Bonchev–Trinajstić information content (AvgIpc) is 3.22. The number of halogens is 1. The third-order valence-corrected chi connectivity index (χ3v) is 5.95. The molecule has 2 aromatic carbocycles. The summed E-state index contributed by atoms with van der Waals surface area (Å²) in [5, 5.41) is 5.71.